The molecule has 0 spiro atoms. The summed E-state index contributed by atoms with van der Waals surface area (Å²) < 4.78 is 29.6. The average Bonchev–Trinajstić information content (AvgIpc) is 2.65. The molecular weight excluding hydrogens is 400 g/mol. The summed E-state index contributed by atoms with van der Waals surface area (Å²) in [7, 11) is -4.02. The first-order valence-corrected chi connectivity index (χ1v) is 10.9. The number of thioether (sulfide) groups is 1. The van der Waals surface area contributed by atoms with Gasteiger partial charge >= 0.3 is 0 Å². The van der Waals surface area contributed by atoms with Gasteiger partial charge in [0.05, 0.1) is 4.90 Å². The highest BCUT2D eigenvalue weighted by molar-refractivity contribution is 8.14. The van der Waals surface area contributed by atoms with E-state index in [9.17, 15) is 18.0 Å². The molecule has 0 aliphatic rings. The van der Waals surface area contributed by atoms with Crippen LogP contribution < -0.4 is 11.1 Å². The molecule has 2 rings (SSSR count). The molecule has 0 aliphatic carbocycles. The largest absolute Gasteiger partial charge is 0.370 e. The molecule has 1 amide bonds. The highest BCUT2D eigenvalue weighted by Gasteiger charge is 2.07. The number of hydrogen-bond acceptors (Lipinski definition) is 6. The Kier molecular flexibility index (Phi) is 10.5. The second kappa shape index (κ2) is 12.3. The third-order valence-electron chi connectivity index (χ3n) is 3.39. The molecule has 0 heterocycles. The van der Waals surface area contributed by atoms with E-state index < -0.39 is 10.1 Å². The SMILES string of the molecule is Cc1ccc(S(=O)(=O)O)cc1.NC(=O)CCNCCSC(=O)c1ccccc1. The van der Waals surface area contributed by atoms with Crippen LogP contribution in [0.4, 0.5) is 0 Å². The molecule has 0 saturated carbocycles. The molecule has 0 radical (unpaired) electrons. The fraction of sp³-hybridized carbons (Fsp3) is 0.263. The van der Waals surface area contributed by atoms with Gasteiger partial charge in [0, 0.05) is 30.8 Å². The third kappa shape index (κ3) is 10.2. The molecule has 0 aromatic heterocycles. The van der Waals surface area contributed by atoms with Crippen molar-refractivity contribution in [3.05, 3.63) is 65.7 Å². The maximum absolute atomic E-state index is 11.6. The molecule has 2 aromatic rings. The van der Waals surface area contributed by atoms with Gasteiger partial charge in [-0.05, 0) is 19.1 Å². The van der Waals surface area contributed by atoms with E-state index in [2.05, 4.69) is 5.32 Å². The lowest BCUT2D eigenvalue weighted by Gasteiger charge is -2.02. The molecule has 0 saturated heterocycles. The van der Waals surface area contributed by atoms with E-state index in [-0.39, 0.29) is 15.9 Å². The van der Waals surface area contributed by atoms with Crippen molar-refractivity contribution in [2.75, 3.05) is 18.8 Å². The van der Waals surface area contributed by atoms with E-state index >= 15 is 0 Å². The van der Waals surface area contributed by atoms with Crippen LogP contribution in [0.5, 0.6) is 0 Å². The van der Waals surface area contributed by atoms with Gasteiger partial charge in [-0.25, -0.2) is 0 Å². The van der Waals surface area contributed by atoms with Crippen molar-refractivity contribution >= 4 is 32.9 Å². The fourth-order valence-corrected chi connectivity index (χ4v) is 3.13. The fourth-order valence-electron chi connectivity index (χ4n) is 1.92. The number of amides is 1. The number of carbonyl (C=O) groups excluding carboxylic acids is 2. The predicted molar refractivity (Wildman–Crippen MR) is 111 cm³/mol. The Morgan fingerprint density at radius 3 is 2.18 bits per heavy atom. The van der Waals surface area contributed by atoms with E-state index in [4.69, 9.17) is 10.3 Å². The number of nitrogens with one attached hydrogen (secondary N) is 1. The Labute approximate surface area is 169 Å². The average molecular weight is 425 g/mol. The molecule has 2 aromatic carbocycles. The number of nitrogens with two attached hydrogens (primary N) is 1. The summed E-state index contributed by atoms with van der Waals surface area (Å²) in [6, 6.07) is 15.2. The van der Waals surface area contributed by atoms with Crippen molar-refractivity contribution in [1.29, 1.82) is 0 Å². The highest BCUT2D eigenvalue weighted by Crippen LogP contribution is 2.11. The van der Waals surface area contributed by atoms with Crippen LogP contribution in [0.15, 0.2) is 59.5 Å². The lowest BCUT2D eigenvalue weighted by molar-refractivity contribution is -0.117. The second-order valence-electron chi connectivity index (χ2n) is 5.76. The Morgan fingerprint density at radius 1 is 1.04 bits per heavy atom. The summed E-state index contributed by atoms with van der Waals surface area (Å²) >= 11 is 1.27. The zero-order valence-corrected chi connectivity index (χ0v) is 17.1. The highest BCUT2D eigenvalue weighted by atomic mass is 32.2. The Bertz CT molecular complexity index is 854. The maximum Gasteiger partial charge on any atom is 0.294 e. The minimum atomic E-state index is -4.02. The number of hydrogen-bond donors (Lipinski definition) is 3. The van der Waals surface area contributed by atoms with E-state index in [0.717, 1.165) is 11.1 Å². The van der Waals surface area contributed by atoms with Crippen LogP contribution in [-0.2, 0) is 14.9 Å². The summed E-state index contributed by atoms with van der Waals surface area (Å²) in [6.45, 7) is 3.10. The molecule has 0 atom stereocenters. The molecule has 28 heavy (non-hydrogen) atoms. The van der Waals surface area contributed by atoms with Crippen LogP contribution in [0.25, 0.3) is 0 Å². The van der Waals surface area contributed by atoms with Gasteiger partial charge in [0.2, 0.25) is 11.0 Å². The van der Waals surface area contributed by atoms with Gasteiger partial charge in [0.15, 0.2) is 0 Å². The molecule has 0 bridgehead atoms. The van der Waals surface area contributed by atoms with Crippen molar-refractivity contribution in [2.24, 2.45) is 5.73 Å². The van der Waals surface area contributed by atoms with Crippen LogP contribution in [0.3, 0.4) is 0 Å². The van der Waals surface area contributed by atoms with Crippen LogP contribution >= 0.6 is 11.8 Å². The monoisotopic (exact) mass is 424 g/mol. The smallest absolute Gasteiger partial charge is 0.294 e. The second-order valence-corrected chi connectivity index (χ2v) is 8.25. The van der Waals surface area contributed by atoms with Crippen molar-refractivity contribution in [3.63, 3.8) is 0 Å². The molecule has 152 valence electrons. The lowest BCUT2D eigenvalue weighted by Crippen LogP contribution is -2.24. The normalized spacial score (nSPS) is 10.6. The van der Waals surface area contributed by atoms with Gasteiger partial charge < -0.3 is 11.1 Å². The summed E-state index contributed by atoms with van der Waals surface area (Å²) in [4.78, 5) is 22.0. The number of benzene rings is 2. The molecule has 0 aliphatic heterocycles. The number of rotatable bonds is 8. The summed E-state index contributed by atoms with van der Waals surface area (Å²) in [5, 5.41) is 3.12. The zero-order chi connectivity index (χ0) is 21.0. The topological polar surface area (TPSA) is 127 Å². The molecule has 0 fully saturated rings. The molecule has 9 heteroatoms. The van der Waals surface area contributed by atoms with Crippen molar-refractivity contribution in [3.8, 4) is 0 Å². The van der Waals surface area contributed by atoms with Crippen LogP contribution in [0, 0.1) is 6.92 Å². The molecular formula is C19H24N2O5S2. The number of carbonyl (C=O) groups is 2. The van der Waals surface area contributed by atoms with E-state index in [1.165, 1.54) is 23.9 Å². The van der Waals surface area contributed by atoms with Gasteiger partial charge in [0.1, 0.15) is 0 Å². The number of primary amides is 1. The van der Waals surface area contributed by atoms with Crippen molar-refractivity contribution in [2.45, 2.75) is 18.2 Å². The third-order valence-corrected chi connectivity index (χ3v) is 5.16. The quantitative estimate of drug-likeness (QED) is 0.438. The summed E-state index contributed by atoms with van der Waals surface area (Å²) in [6.07, 6.45) is 0.331. The first-order valence-electron chi connectivity index (χ1n) is 8.45. The first kappa shape index (κ1) is 23.8. The van der Waals surface area contributed by atoms with E-state index in [1.54, 1.807) is 24.3 Å². The lowest BCUT2D eigenvalue weighted by atomic mass is 10.2. The predicted octanol–water partition coefficient (Wildman–Crippen LogP) is 2.27. The van der Waals surface area contributed by atoms with Crippen LogP contribution in [0.1, 0.15) is 22.3 Å². The maximum atomic E-state index is 11.6. The van der Waals surface area contributed by atoms with Gasteiger partial charge in [0.25, 0.3) is 10.1 Å². The number of aryl methyl sites for hydroxylation is 1. The van der Waals surface area contributed by atoms with E-state index in [0.29, 0.717) is 25.3 Å². The van der Waals surface area contributed by atoms with Crippen molar-refractivity contribution < 1.29 is 22.6 Å². The van der Waals surface area contributed by atoms with E-state index in [1.807, 2.05) is 25.1 Å². The Hall–Kier alpha value is -2.20. The van der Waals surface area contributed by atoms with Gasteiger partial charge in [-0.2, -0.15) is 8.42 Å². The Balaban J connectivity index is 0.000000307. The summed E-state index contributed by atoms with van der Waals surface area (Å²) in [5.74, 6) is 0.373. The Morgan fingerprint density at radius 2 is 1.64 bits per heavy atom. The minimum Gasteiger partial charge on any atom is -0.370 e. The zero-order valence-electron chi connectivity index (χ0n) is 15.5. The first-order chi connectivity index (χ1) is 13.2. The van der Waals surface area contributed by atoms with Gasteiger partial charge in [-0.1, -0.05) is 59.8 Å². The van der Waals surface area contributed by atoms with Gasteiger partial charge in [-0.15, -0.1) is 0 Å². The summed E-state index contributed by atoms with van der Waals surface area (Å²) in [5.41, 5.74) is 6.67. The molecule has 4 N–H and O–H groups in total. The van der Waals surface area contributed by atoms with Gasteiger partial charge in [-0.3, -0.25) is 14.1 Å². The standard InChI is InChI=1S/C12H16N2O2S.C7H8O3S/c13-11(15)6-7-14-8-9-17-12(16)10-4-2-1-3-5-10;1-6-2-4-7(5-3-6)11(8,9)10/h1-5,14H,6-9H2,(H2,13,15);2-5H,1H3,(H,8,9,10). The van der Waals surface area contributed by atoms with Crippen LogP contribution in [-0.4, -0.2) is 42.8 Å². The van der Waals surface area contributed by atoms with Crippen LogP contribution in [0.2, 0.25) is 0 Å². The molecule has 7 nitrogen and oxygen atoms in total. The minimum absolute atomic E-state index is 0.0666. The molecule has 0 unspecified atom stereocenters. The van der Waals surface area contributed by atoms with Crippen molar-refractivity contribution in [1.82, 2.24) is 5.32 Å².